The highest BCUT2D eigenvalue weighted by Crippen LogP contribution is 2.25. The van der Waals surface area contributed by atoms with Crippen LogP contribution < -0.4 is 5.73 Å². The van der Waals surface area contributed by atoms with Crippen molar-refractivity contribution in [1.82, 2.24) is 0 Å². The highest BCUT2D eigenvalue weighted by Gasteiger charge is 2.36. The molecule has 1 heterocycles. The second-order valence-electron chi connectivity index (χ2n) is 3.17. The van der Waals surface area contributed by atoms with Crippen LogP contribution in [0.25, 0.3) is 0 Å². The van der Waals surface area contributed by atoms with Crippen LogP contribution in [0.2, 0.25) is 0 Å². The topological polar surface area (TPSA) is 101 Å². The molecule has 13 heavy (non-hydrogen) atoms. The first kappa shape index (κ1) is 9.99. The number of nitrogens with zero attached hydrogens (tertiary/aromatic N) is 1. The molecule has 1 amide bonds. The Hall–Kier alpha value is -1.09. The standard InChI is InChI=1S/C7H10N2O3S/c8-3-6(7(9)10)5-1-2-13(11,12)4-5/h5-6H,1-2,4H2,(H2,9,10). The molecule has 2 unspecified atom stereocenters. The van der Waals surface area contributed by atoms with Crippen molar-refractivity contribution >= 4 is 15.7 Å². The summed E-state index contributed by atoms with van der Waals surface area (Å²) in [4.78, 5) is 10.7. The van der Waals surface area contributed by atoms with E-state index in [1.807, 2.05) is 0 Å². The summed E-state index contributed by atoms with van der Waals surface area (Å²) in [6, 6.07) is 1.74. The van der Waals surface area contributed by atoms with Crippen LogP contribution >= 0.6 is 0 Å². The van der Waals surface area contributed by atoms with E-state index in [0.717, 1.165) is 0 Å². The second-order valence-corrected chi connectivity index (χ2v) is 5.40. The molecule has 5 nitrogen and oxygen atoms in total. The third-order valence-corrected chi connectivity index (χ3v) is 3.98. The zero-order valence-electron chi connectivity index (χ0n) is 6.93. The molecule has 1 aliphatic heterocycles. The van der Waals surface area contributed by atoms with E-state index in [1.54, 1.807) is 6.07 Å². The van der Waals surface area contributed by atoms with E-state index in [4.69, 9.17) is 11.0 Å². The summed E-state index contributed by atoms with van der Waals surface area (Å²) in [6.07, 6.45) is 0.365. The predicted octanol–water partition coefficient (Wildman–Crippen LogP) is -0.954. The molecular weight excluding hydrogens is 192 g/mol. The Morgan fingerprint density at radius 1 is 1.62 bits per heavy atom. The summed E-state index contributed by atoms with van der Waals surface area (Å²) >= 11 is 0. The summed E-state index contributed by atoms with van der Waals surface area (Å²) in [5, 5.41) is 8.58. The average molecular weight is 202 g/mol. The summed E-state index contributed by atoms with van der Waals surface area (Å²) in [5.41, 5.74) is 4.96. The summed E-state index contributed by atoms with van der Waals surface area (Å²) in [5.74, 6) is -2.13. The molecule has 6 heteroatoms. The molecular formula is C7H10N2O3S. The zero-order valence-corrected chi connectivity index (χ0v) is 7.75. The molecule has 0 bridgehead atoms. The van der Waals surface area contributed by atoms with Crippen molar-refractivity contribution in [3.8, 4) is 6.07 Å². The number of sulfone groups is 1. The maximum atomic E-state index is 11.0. The minimum Gasteiger partial charge on any atom is -0.369 e. The molecule has 2 atom stereocenters. The van der Waals surface area contributed by atoms with Gasteiger partial charge in [0.1, 0.15) is 5.92 Å². The molecule has 0 radical (unpaired) electrons. The maximum Gasteiger partial charge on any atom is 0.235 e. The number of rotatable bonds is 2. The van der Waals surface area contributed by atoms with Gasteiger partial charge in [-0.2, -0.15) is 5.26 Å². The van der Waals surface area contributed by atoms with Crippen LogP contribution in [-0.2, 0) is 14.6 Å². The van der Waals surface area contributed by atoms with Gasteiger partial charge < -0.3 is 5.73 Å². The van der Waals surface area contributed by atoms with Crippen LogP contribution in [0.1, 0.15) is 6.42 Å². The van der Waals surface area contributed by atoms with Crippen molar-refractivity contribution in [2.75, 3.05) is 11.5 Å². The lowest BCUT2D eigenvalue weighted by Gasteiger charge is -2.09. The average Bonchev–Trinajstić information content (AvgIpc) is 2.31. The van der Waals surface area contributed by atoms with E-state index in [2.05, 4.69) is 0 Å². The van der Waals surface area contributed by atoms with Crippen molar-refractivity contribution in [1.29, 1.82) is 5.26 Å². The first-order valence-electron chi connectivity index (χ1n) is 3.85. The molecule has 0 aromatic heterocycles. The Morgan fingerprint density at radius 2 is 2.23 bits per heavy atom. The van der Waals surface area contributed by atoms with Gasteiger partial charge in [0, 0.05) is 0 Å². The van der Waals surface area contributed by atoms with Gasteiger partial charge in [-0.3, -0.25) is 4.79 Å². The van der Waals surface area contributed by atoms with Crippen molar-refractivity contribution in [3.05, 3.63) is 0 Å². The van der Waals surface area contributed by atoms with E-state index in [1.165, 1.54) is 0 Å². The SMILES string of the molecule is N#CC(C(N)=O)C1CCS(=O)(=O)C1. The van der Waals surface area contributed by atoms with Gasteiger partial charge in [-0.1, -0.05) is 0 Å². The number of carbonyl (C=O) groups excluding carboxylic acids is 1. The minimum atomic E-state index is -3.04. The predicted molar refractivity (Wildman–Crippen MR) is 45.1 cm³/mol. The lowest BCUT2D eigenvalue weighted by Crippen LogP contribution is -2.29. The van der Waals surface area contributed by atoms with Gasteiger partial charge in [0.25, 0.3) is 0 Å². The molecule has 1 fully saturated rings. The Kier molecular flexibility index (Phi) is 2.57. The van der Waals surface area contributed by atoms with Gasteiger partial charge in [0.2, 0.25) is 5.91 Å². The van der Waals surface area contributed by atoms with Gasteiger partial charge in [0.05, 0.1) is 17.6 Å². The van der Waals surface area contributed by atoms with Gasteiger partial charge in [-0.05, 0) is 12.3 Å². The molecule has 0 aromatic carbocycles. The normalized spacial score (nSPS) is 27.8. The number of nitrogens with two attached hydrogens (primary N) is 1. The van der Waals surface area contributed by atoms with Crippen molar-refractivity contribution < 1.29 is 13.2 Å². The molecule has 1 rings (SSSR count). The lowest BCUT2D eigenvalue weighted by atomic mass is 9.93. The Morgan fingerprint density at radius 3 is 2.54 bits per heavy atom. The van der Waals surface area contributed by atoms with Crippen molar-refractivity contribution in [2.24, 2.45) is 17.6 Å². The monoisotopic (exact) mass is 202 g/mol. The van der Waals surface area contributed by atoms with Gasteiger partial charge in [-0.15, -0.1) is 0 Å². The summed E-state index contributed by atoms with van der Waals surface area (Å²) in [6.45, 7) is 0. The third-order valence-electron chi connectivity index (χ3n) is 2.18. The lowest BCUT2D eigenvalue weighted by molar-refractivity contribution is -0.121. The molecule has 0 aliphatic carbocycles. The van der Waals surface area contributed by atoms with Crippen LogP contribution in [0.15, 0.2) is 0 Å². The zero-order chi connectivity index (χ0) is 10.1. The number of primary amides is 1. The van der Waals surface area contributed by atoms with Gasteiger partial charge >= 0.3 is 0 Å². The molecule has 72 valence electrons. The third kappa shape index (κ3) is 2.18. The highest BCUT2D eigenvalue weighted by molar-refractivity contribution is 7.91. The fourth-order valence-electron chi connectivity index (χ4n) is 1.49. The fraction of sp³-hybridized carbons (Fsp3) is 0.714. The first-order valence-corrected chi connectivity index (χ1v) is 5.68. The molecule has 0 saturated carbocycles. The molecule has 0 aromatic rings. The molecule has 0 spiro atoms. The summed E-state index contributed by atoms with van der Waals surface area (Å²) < 4.78 is 22.0. The molecule has 1 aliphatic rings. The first-order chi connectivity index (χ1) is 5.96. The number of carbonyl (C=O) groups is 1. The van der Waals surface area contributed by atoms with Crippen molar-refractivity contribution in [2.45, 2.75) is 6.42 Å². The fourth-order valence-corrected chi connectivity index (χ4v) is 3.33. The highest BCUT2D eigenvalue weighted by atomic mass is 32.2. The van der Waals surface area contributed by atoms with Crippen molar-refractivity contribution in [3.63, 3.8) is 0 Å². The van der Waals surface area contributed by atoms with Crippen LogP contribution in [0, 0.1) is 23.2 Å². The Bertz CT molecular complexity index is 354. The number of hydrogen-bond donors (Lipinski definition) is 1. The van der Waals surface area contributed by atoms with E-state index >= 15 is 0 Å². The van der Waals surface area contributed by atoms with Gasteiger partial charge in [0.15, 0.2) is 9.84 Å². The quantitative estimate of drug-likeness (QED) is 0.623. The Balaban J connectivity index is 2.76. The van der Waals surface area contributed by atoms with Crippen LogP contribution in [0.5, 0.6) is 0 Å². The van der Waals surface area contributed by atoms with Crippen LogP contribution in [0.4, 0.5) is 0 Å². The largest absolute Gasteiger partial charge is 0.369 e. The molecule has 1 saturated heterocycles. The van der Waals surface area contributed by atoms with E-state index in [9.17, 15) is 13.2 Å². The summed E-state index contributed by atoms with van der Waals surface area (Å²) in [7, 11) is -3.04. The van der Waals surface area contributed by atoms with E-state index in [0.29, 0.717) is 6.42 Å². The van der Waals surface area contributed by atoms with E-state index in [-0.39, 0.29) is 11.5 Å². The van der Waals surface area contributed by atoms with Gasteiger partial charge in [-0.25, -0.2) is 8.42 Å². The Labute approximate surface area is 76.4 Å². The molecule has 2 N–H and O–H groups in total. The minimum absolute atomic E-state index is 0.0587. The van der Waals surface area contributed by atoms with Crippen LogP contribution in [-0.4, -0.2) is 25.8 Å². The second kappa shape index (κ2) is 3.34. The number of nitriles is 1. The maximum absolute atomic E-state index is 11.0. The van der Waals surface area contributed by atoms with E-state index < -0.39 is 27.6 Å². The number of hydrogen-bond acceptors (Lipinski definition) is 4. The smallest absolute Gasteiger partial charge is 0.235 e. The number of amides is 1. The van der Waals surface area contributed by atoms with Crippen LogP contribution in [0.3, 0.4) is 0 Å².